The van der Waals surface area contributed by atoms with Crippen LogP contribution >= 0.6 is 0 Å². The van der Waals surface area contributed by atoms with Crippen molar-refractivity contribution in [2.75, 3.05) is 13.1 Å². The van der Waals surface area contributed by atoms with E-state index in [1.165, 1.54) is 11.1 Å². The average Bonchev–Trinajstić information content (AvgIpc) is 2.74. The second kappa shape index (κ2) is 13.6. The summed E-state index contributed by atoms with van der Waals surface area (Å²) < 4.78 is 0. The minimum Gasteiger partial charge on any atom is -0.507 e. The number of aliphatic imine (C=N–C) groups is 2. The number of rotatable bonds is 10. The van der Waals surface area contributed by atoms with E-state index in [2.05, 4.69) is 117 Å². The first-order chi connectivity index (χ1) is 18.6. The van der Waals surface area contributed by atoms with E-state index in [-0.39, 0.29) is 21.7 Å². The van der Waals surface area contributed by atoms with E-state index in [0.717, 1.165) is 54.4 Å². The maximum Gasteiger partial charge on any atom is 0.127 e. The second-order valence-electron chi connectivity index (χ2n) is 16.8. The van der Waals surface area contributed by atoms with Crippen molar-refractivity contribution < 1.29 is 10.2 Å². The van der Waals surface area contributed by atoms with Gasteiger partial charge in [0, 0.05) is 36.6 Å². The first-order valence-corrected chi connectivity index (χ1v) is 15.3. The van der Waals surface area contributed by atoms with E-state index in [0.29, 0.717) is 24.6 Å². The Morgan fingerprint density at radius 1 is 0.512 bits per heavy atom. The Balaban J connectivity index is 2.14. The van der Waals surface area contributed by atoms with E-state index in [4.69, 9.17) is 0 Å². The highest BCUT2D eigenvalue weighted by Gasteiger charge is 2.20. The Kier molecular flexibility index (Phi) is 11.4. The van der Waals surface area contributed by atoms with Gasteiger partial charge < -0.3 is 10.2 Å². The van der Waals surface area contributed by atoms with Crippen LogP contribution in [-0.2, 0) is 25.7 Å². The number of aromatic hydroxyl groups is 2. The van der Waals surface area contributed by atoms with Gasteiger partial charge in [-0.1, -0.05) is 95.2 Å². The second-order valence-corrected chi connectivity index (χ2v) is 16.8. The Morgan fingerprint density at radius 2 is 0.829 bits per heavy atom. The normalized spacial score (nSPS) is 13.6. The number of phenolic OH excluding ortho intramolecular Hbond substituents is 2. The van der Waals surface area contributed by atoms with Crippen LogP contribution in [0.25, 0.3) is 0 Å². The molecule has 0 radical (unpaired) electrons. The number of hydrogen-bond acceptors (Lipinski definition) is 4. The van der Waals surface area contributed by atoms with E-state index in [9.17, 15) is 10.2 Å². The van der Waals surface area contributed by atoms with Gasteiger partial charge in [0.05, 0.1) is 0 Å². The van der Waals surface area contributed by atoms with Gasteiger partial charge in [0.2, 0.25) is 0 Å². The van der Waals surface area contributed by atoms with Gasteiger partial charge in [-0.05, 0) is 88.2 Å². The molecular formula is C37H58N2O2. The van der Waals surface area contributed by atoms with Crippen molar-refractivity contribution in [3.05, 3.63) is 57.6 Å². The summed E-state index contributed by atoms with van der Waals surface area (Å²) in [6.07, 6.45) is 7.95. The third-order valence-electron chi connectivity index (χ3n) is 6.50. The van der Waals surface area contributed by atoms with Crippen LogP contribution in [0.15, 0.2) is 34.3 Å². The monoisotopic (exact) mass is 562 g/mol. The van der Waals surface area contributed by atoms with Gasteiger partial charge in [0.1, 0.15) is 11.5 Å². The molecule has 228 valence electrons. The van der Waals surface area contributed by atoms with Crippen LogP contribution in [0.1, 0.15) is 123 Å². The SMILES string of the molecule is CC(C)(C)Cc1cc(C=NCCCN=Cc2cc(CC(C)(C)C)cc(CC(C)(C)C)c2O)c(O)c(CC(C)(C)C)c1. The summed E-state index contributed by atoms with van der Waals surface area (Å²) in [5.41, 5.74) is 6.53. The van der Waals surface area contributed by atoms with E-state index >= 15 is 0 Å². The third kappa shape index (κ3) is 13.3. The summed E-state index contributed by atoms with van der Waals surface area (Å²) in [6, 6.07) is 8.49. The predicted octanol–water partition coefficient (Wildman–Crippen LogP) is 9.38. The summed E-state index contributed by atoms with van der Waals surface area (Å²) >= 11 is 0. The number of nitrogens with zero attached hydrogens (tertiary/aromatic N) is 2. The molecule has 2 rings (SSSR count). The summed E-state index contributed by atoms with van der Waals surface area (Å²) in [4.78, 5) is 9.28. The van der Waals surface area contributed by atoms with Crippen molar-refractivity contribution >= 4 is 12.4 Å². The molecule has 4 nitrogen and oxygen atoms in total. The van der Waals surface area contributed by atoms with Gasteiger partial charge in [0.15, 0.2) is 0 Å². The van der Waals surface area contributed by atoms with Gasteiger partial charge >= 0.3 is 0 Å². The number of phenols is 2. The zero-order valence-electron chi connectivity index (χ0n) is 28.2. The van der Waals surface area contributed by atoms with E-state index < -0.39 is 0 Å². The molecule has 4 heteroatoms. The third-order valence-corrected chi connectivity index (χ3v) is 6.50. The maximum atomic E-state index is 11.0. The number of hydrogen-bond donors (Lipinski definition) is 2. The summed E-state index contributed by atoms with van der Waals surface area (Å²) in [5.74, 6) is 0.687. The minimum absolute atomic E-state index is 0.0818. The highest BCUT2D eigenvalue weighted by atomic mass is 16.3. The highest BCUT2D eigenvalue weighted by molar-refractivity contribution is 5.85. The largest absolute Gasteiger partial charge is 0.507 e. The fourth-order valence-electron chi connectivity index (χ4n) is 5.19. The Bertz CT molecular complexity index is 1110. The van der Waals surface area contributed by atoms with Crippen LogP contribution < -0.4 is 0 Å². The molecule has 0 bridgehead atoms. The highest BCUT2D eigenvalue weighted by Crippen LogP contribution is 2.34. The molecule has 0 aromatic heterocycles. The fraction of sp³-hybridized carbons (Fsp3) is 0.622. The molecule has 0 aliphatic heterocycles. The van der Waals surface area contributed by atoms with Gasteiger partial charge in [0.25, 0.3) is 0 Å². The molecule has 2 N–H and O–H groups in total. The quantitative estimate of drug-likeness (QED) is 0.224. The van der Waals surface area contributed by atoms with Crippen molar-refractivity contribution in [3.8, 4) is 11.5 Å². The lowest BCUT2D eigenvalue weighted by atomic mass is 9.83. The molecule has 0 aliphatic carbocycles. The van der Waals surface area contributed by atoms with Crippen LogP contribution in [0.4, 0.5) is 0 Å². The van der Waals surface area contributed by atoms with Crippen LogP contribution in [-0.4, -0.2) is 35.7 Å². The number of benzene rings is 2. The lowest BCUT2D eigenvalue weighted by Gasteiger charge is -2.23. The van der Waals surface area contributed by atoms with Crippen LogP contribution in [0.5, 0.6) is 11.5 Å². The molecular weight excluding hydrogens is 504 g/mol. The zero-order chi connectivity index (χ0) is 31.2. The lowest BCUT2D eigenvalue weighted by molar-refractivity contribution is 0.391. The smallest absolute Gasteiger partial charge is 0.127 e. The lowest BCUT2D eigenvalue weighted by Crippen LogP contribution is -2.13. The zero-order valence-corrected chi connectivity index (χ0v) is 28.2. The molecule has 0 aliphatic rings. The van der Waals surface area contributed by atoms with Crippen LogP contribution in [0.2, 0.25) is 0 Å². The Labute approximate surface area is 251 Å². The molecule has 41 heavy (non-hydrogen) atoms. The first-order valence-electron chi connectivity index (χ1n) is 15.3. The van der Waals surface area contributed by atoms with Crippen LogP contribution in [0, 0.1) is 21.7 Å². The van der Waals surface area contributed by atoms with Crippen molar-refractivity contribution in [1.82, 2.24) is 0 Å². The summed E-state index contributed by atoms with van der Waals surface area (Å²) in [6.45, 7) is 27.9. The molecule has 0 fully saturated rings. The van der Waals surface area contributed by atoms with Gasteiger partial charge in [-0.3, -0.25) is 9.98 Å². The molecule has 0 spiro atoms. The summed E-state index contributed by atoms with van der Waals surface area (Å²) in [7, 11) is 0. The first kappa shape index (κ1) is 34.6. The van der Waals surface area contributed by atoms with Crippen molar-refractivity contribution in [2.45, 2.75) is 115 Å². The standard InChI is InChI=1S/C37H58N2O2/c1-34(2,3)20-26-16-28(22-36(7,8)9)32(40)30(18-26)24-38-14-13-15-39-25-31-19-27(21-35(4,5)6)17-29(33(31)41)23-37(10,11)12/h16-19,24-25,40-41H,13-15,20-23H2,1-12H3. The molecule has 2 aromatic carbocycles. The van der Waals surface area contributed by atoms with E-state index in [1.54, 1.807) is 0 Å². The van der Waals surface area contributed by atoms with Crippen molar-refractivity contribution in [2.24, 2.45) is 31.6 Å². The summed E-state index contributed by atoms with van der Waals surface area (Å²) in [5, 5.41) is 22.0. The molecule has 0 saturated heterocycles. The Hall–Kier alpha value is -2.62. The Morgan fingerprint density at radius 3 is 1.12 bits per heavy atom. The van der Waals surface area contributed by atoms with Crippen LogP contribution in [0.3, 0.4) is 0 Å². The predicted molar refractivity (Wildman–Crippen MR) is 178 cm³/mol. The topological polar surface area (TPSA) is 65.2 Å². The molecule has 0 atom stereocenters. The van der Waals surface area contributed by atoms with Gasteiger partial charge in [-0.2, -0.15) is 0 Å². The molecule has 0 amide bonds. The molecule has 0 heterocycles. The molecule has 2 aromatic rings. The fourth-order valence-corrected chi connectivity index (χ4v) is 5.19. The van der Waals surface area contributed by atoms with Crippen molar-refractivity contribution in [1.29, 1.82) is 0 Å². The van der Waals surface area contributed by atoms with Crippen molar-refractivity contribution in [3.63, 3.8) is 0 Å². The minimum atomic E-state index is 0.0818. The van der Waals surface area contributed by atoms with E-state index in [1.807, 2.05) is 12.4 Å². The van der Waals surface area contributed by atoms with Gasteiger partial charge in [-0.25, -0.2) is 0 Å². The van der Waals surface area contributed by atoms with Gasteiger partial charge in [-0.15, -0.1) is 0 Å². The molecule has 0 saturated carbocycles. The average molecular weight is 563 g/mol. The maximum absolute atomic E-state index is 11.0. The molecule has 0 unspecified atom stereocenters.